The molecule has 0 radical (unpaired) electrons. The van der Waals surface area contributed by atoms with Crippen LogP contribution in [0.15, 0.2) is 29.2 Å². The highest BCUT2D eigenvalue weighted by molar-refractivity contribution is 7.07. The van der Waals surface area contributed by atoms with Crippen molar-refractivity contribution in [3.63, 3.8) is 0 Å². The van der Waals surface area contributed by atoms with Gasteiger partial charge in [0, 0.05) is 30.7 Å². The number of carboxylic acid groups (broad SMARTS) is 1. The van der Waals surface area contributed by atoms with Crippen LogP contribution in [0.25, 0.3) is 11.2 Å². The third-order valence-electron chi connectivity index (χ3n) is 4.10. The van der Waals surface area contributed by atoms with Crippen molar-refractivity contribution in [2.75, 3.05) is 18.4 Å². The number of nitrogens with zero attached hydrogens (tertiary/aromatic N) is 5. The average molecular weight is 344 g/mol. The van der Waals surface area contributed by atoms with E-state index in [1.54, 1.807) is 23.0 Å². The Kier molecular flexibility index (Phi) is 3.77. The summed E-state index contributed by atoms with van der Waals surface area (Å²) in [7, 11) is 0. The first-order valence-electron chi connectivity index (χ1n) is 7.63. The fourth-order valence-electron chi connectivity index (χ4n) is 2.93. The van der Waals surface area contributed by atoms with Crippen LogP contribution in [-0.2, 0) is 6.54 Å². The van der Waals surface area contributed by atoms with Gasteiger partial charge in [0.05, 0.1) is 17.7 Å². The molecule has 1 amide bonds. The van der Waals surface area contributed by atoms with E-state index < -0.39 is 6.09 Å². The van der Waals surface area contributed by atoms with Gasteiger partial charge in [-0.3, -0.25) is 4.57 Å². The molecule has 1 atom stereocenters. The molecule has 3 aromatic rings. The predicted octanol–water partition coefficient (Wildman–Crippen LogP) is 2.10. The molecule has 24 heavy (non-hydrogen) atoms. The Labute approximate surface area is 141 Å². The maximum atomic E-state index is 11.1. The van der Waals surface area contributed by atoms with Gasteiger partial charge in [-0.15, -0.1) is 11.3 Å². The lowest BCUT2D eigenvalue weighted by Crippen LogP contribution is -2.30. The van der Waals surface area contributed by atoms with Gasteiger partial charge in [0.1, 0.15) is 5.52 Å². The number of fused-ring (bicyclic) bond motifs is 1. The van der Waals surface area contributed by atoms with Crippen LogP contribution in [0.4, 0.5) is 10.7 Å². The van der Waals surface area contributed by atoms with Gasteiger partial charge >= 0.3 is 6.09 Å². The number of likely N-dealkylation sites (tertiary alicyclic amines) is 1. The molecular formula is C15H16N6O2S. The van der Waals surface area contributed by atoms with Crippen molar-refractivity contribution >= 4 is 34.5 Å². The molecule has 1 aliphatic heterocycles. The Balaban J connectivity index is 1.63. The molecule has 1 saturated heterocycles. The first-order chi connectivity index (χ1) is 11.7. The monoisotopic (exact) mass is 344 g/mol. The van der Waals surface area contributed by atoms with E-state index in [-0.39, 0.29) is 6.04 Å². The number of anilines is 1. The fraction of sp³-hybridized carbons (Fsp3) is 0.333. The van der Waals surface area contributed by atoms with Crippen LogP contribution in [0.1, 0.15) is 12.1 Å². The fourth-order valence-corrected chi connectivity index (χ4v) is 3.48. The standard InChI is InChI=1S/C15H16N6O2S/c22-15(23)20-5-3-10(6-20)18-14-19-12-2-1-4-16-13(12)21(14)7-11-8-24-9-17-11/h1-2,4,8-10H,3,5-7H2,(H,18,19)(H,22,23). The van der Waals surface area contributed by atoms with Gasteiger partial charge in [0.2, 0.25) is 5.95 Å². The Morgan fingerprint density at radius 1 is 1.46 bits per heavy atom. The topological polar surface area (TPSA) is 96.2 Å². The van der Waals surface area contributed by atoms with E-state index in [4.69, 9.17) is 5.11 Å². The summed E-state index contributed by atoms with van der Waals surface area (Å²) >= 11 is 1.55. The number of hydrogen-bond acceptors (Lipinski definition) is 6. The summed E-state index contributed by atoms with van der Waals surface area (Å²) < 4.78 is 1.99. The second kappa shape index (κ2) is 6.08. The van der Waals surface area contributed by atoms with Crippen LogP contribution in [-0.4, -0.2) is 54.8 Å². The van der Waals surface area contributed by atoms with Crippen molar-refractivity contribution in [2.45, 2.75) is 19.0 Å². The maximum absolute atomic E-state index is 11.1. The van der Waals surface area contributed by atoms with Crippen molar-refractivity contribution in [3.05, 3.63) is 34.9 Å². The molecule has 4 rings (SSSR count). The lowest BCUT2D eigenvalue weighted by molar-refractivity contribution is 0.155. The minimum Gasteiger partial charge on any atom is -0.465 e. The molecule has 0 saturated carbocycles. The number of nitrogens with one attached hydrogen (secondary N) is 1. The van der Waals surface area contributed by atoms with Gasteiger partial charge in [-0.1, -0.05) is 0 Å². The molecule has 1 fully saturated rings. The summed E-state index contributed by atoms with van der Waals surface area (Å²) in [4.78, 5) is 25.9. The lowest BCUT2D eigenvalue weighted by Gasteiger charge is -2.15. The number of pyridine rings is 1. The Morgan fingerprint density at radius 2 is 2.38 bits per heavy atom. The molecule has 1 aliphatic rings. The highest BCUT2D eigenvalue weighted by atomic mass is 32.1. The van der Waals surface area contributed by atoms with Crippen LogP contribution in [0, 0.1) is 0 Å². The smallest absolute Gasteiger partial charge is 0.407 e. The number of carbonyl (C=O) groups is 1. The molecule has 3 aromatic heterocycles. The summed E-state index contributed by atoms with van der Waals surface area (Å²) in [5.74, 6) is 0.703. The molecule has 2 N–H and O–H groups in total. The number of thiazole rings is 1. The number of aromatic nitrogens is 4. The van der Waals surface area contributed by atoms with Crippen molar-refractivity contribution < 1.29 is 9.90 Å². The average Bonchev–Trinajstić information content (AvgIpc) is 3.30. The minimum atomic E-state index is -0.878. The van der Waals surface area contributed by atoms with Crippen molar-refractivity contribution in [2.24, 2.45) is 0 Å². The third kappa shape index (κ3) is 2.78. The number of imidazole rings is 1. The molecule has 124 valence electrons. The van der Waals surface area contributed by atoms with Crippen LogP contribution in [0.5, 0.6) is 0 Å². The third-order valence-corrected chi connectivity index (χ3v) is 4.73. The number of rotatable bonds is 4. The number of amides is 1. The van der Waals surface area contributed by atoms with E-state index >= 15 is 0 Å². The predicted molar refractivity (Wildman–Crippen MR) is 90.4 cm³/mol. The van der Waals surface area contributed by atoms with E-state index in [1.165, 1.54) is 4.90 Å². The summed E-state index contributed by atoms with van der Waals surface area (Å²) in [5.41, 5.74) is 4.35. The molecule has 9 heteroatoms. The zero-order valence-corrected chi connectivity index (χ0v) is 13.6. The SMILES string of the molecule is O=C(O)N1CCC(Nc2nc3cccnc3n2Cc2cscn2)C1. The van der Waals surface area contributed by atoms with Crippen LogP contribution in [0.2, 0.25) is 0 Å². The molecule has 4 heterocycles. The van der Waals surface area contributed by atoms with Gasteiger partial charge in [-0.2, -0.15) is 0 Å². The Bertz CT molecular complexity index is 862. The van der Waals surface area contributed by atoms with Crippen molar-refractivity contribution in [1.29, 1.82) is 0 Å². The van der Waals surface area contributed by atoms with E-state index in [0.717, 1.165) is 23.3 Å². The normalized spacial score (nSPS) is 17.5. The molecule has 0 aliphatic carbocycles. The van der Waals surface area contributed by atoms with Gasteiger partial charge < -0.3 is 15.3 Å². The van der Waals surface area contributed by atoms with Gasteiger partial charge in [-0.05, 0) is 18.6 Å². The van der Waals surface area contributed by atoms with Gasteiger partial charge in [-0.25, -0.2) is 19.7 Å². The Morgan fingerprint density at radius 3 is 3.12 bits per heavy atom. The maximum Gasteiger partial charge on any atom is 0.407 e. The summed E-state index contributed by atoms with van der Waals surface area (Å²) in [6, 6.07) is 3.82. The van der Waals surface area contributed by atoms with E-state index in [9.17, 15) is 4.79 Å². The largest absolute Gasteiger partial charge is 0.465 e. The van der Waals surface area contributed by atoms with Crippen LogP contribution < -0.4 is 5.32 Å². The van der Waals surface area contributed by atoms with Crippen LogP contribution >= 0.6 is 11.3 Å². The van der Waals surface area contributed by atoms with Gasteiger partial charge in [0.15, 0.2) is 5.65 Å². The molecule has 0 spiro atoms. The van der Waals surface area contributed by atoms with Gasteiger partial charge in [0.25, 0.3) is 0 Å². The molecule has 1 unspecified atom stereocenters. The highest BCUT2D eigenvalue weighted by Crippen LogP contribution is 2.22. The molecule has 8 nitrogen and oxygen atoms in total. The summed E-state index contributed by atoms with van der Waals surface area (Å²) in [5, 5.41) is 14.5. The van der Waals surface area contributed by atoms with Crippen LogP contribution in [0.3, 0.4) is 0 Å². The summed E-state index contributed by atoms with van der Waals surface area (Å²) in [6.07, 6.45) is 1.63. The zero-order chi connectivity index (χ0) is 16.5. The van der Waals surface area contributed by atoms with E-state index in [2.05, 4.69) is 20.3 Å². The second-order valence-corrected chi connectivity index (χ2v) is 6.42. The first kappa shape index (κ1) is 14.9. The van der Waals surface area contributed by atoms with E-state index in [0.29, 0.717) is 25.6 Å². The number of hydrogen-bond donors (Lipinski definition) is 2. The quantitative estimate of drug-likeness (QED) is 0.752. The second-order valence-electron chi connectivity index (χ2n) is 5.71. The highest BCUT2D eigenvalue weighted by Gasteiger charge is 2.27. The van der Waals surface area contributed by atoms with Crippen molar-refractivity contribution in [3.8, 4) is 0 Å². The van der Waals surface area contributed by atoms with E-state index in [1.807, 2.05) is 22.1 Å². The minimum absolute atomic E-state index is 0.0482. The molecular weight excluding hydrogens is 328 g/mol. The molecule has 0 aromatic carbocycles. The summed E-state index contributed by atoms with van der Waals surface area (Å²) in [6.45, 7) is 1.58. The Hall–Kier alpha value is -2.68. The first-order valence-corrected chi connectivity index (χ1v) is 8.58. The molecule has 0 bridgehead atoms. The van der Waals surface area contributed by atoms with Crippen molar-refractivity contribution in [1.82, 2.24) is 24.4 Å². The lowest BCUT2D eigenvalue weighted by atomic mass is 10.3. The zero-order valence-electron chi connectivity index (χ0n) is 12.8.